The first-order valence-corrected chi connectivity index (χ1v) is 14.6. The topological polar surface area (TPSA) is 29.5 Å². The summed E-state index contributed by atoms with van der Waals surface area (Å²) in [4.78, 5) is 1.74. The van der Waals surface area contributed by atoms with Gasteiger partial charge in [0.1, 0.15) is 16.7 Å². The van der Waals surface area contributed by atoms with Gasteiger partial charge in [-0.1, -0.05) is 115 Å². The van der Waals surface area contributed by atoms with Crippen LogP contribution >= 0.6 is 0 Å². The maximum absolute atomic E-state index is 9.68. The van der Waals surface area contributed by atoms with Gasteiger partial charge in [-0.3, -0.25) is 0 Å². The van der Waals surface area contributed by atoms with E-state index in [1.807, 2.05) is 121 Å². The van der Waals surface area contributed by atoms with Crippen LogP contribution in [0.3, 0.4) is 0 Å². The van der Waals surface area contributed by atoms with Gasteiger partial charge in [-0.05, 0) is 70.7 Å². The monoisotopic (exact) mass is 584 g/mol. The lowest BCUT2D eigenvalue weighted by molar-refractivity contribution is 0.669. The van der Waals surface area contributed by atoms with Crippen LogP contribution in [0.25, 0.3) is 66.1 Å². The smallest absolute Gasteiger partial charge is 0.160 e. The highest BCUT2D eigenvalue weighted by Crippen LogP contribution is 2.46. The first kappa shape index (κ1) is 19.3. The Kier molecular flexibility index (Phi) is 4.40. The van der Waals surface area contributed by atoms with Gasteiger partial charge >= 0.3 is 0 Å². The van der Waals surface area contributed by atoms with Crippen molar-refractivity contribution >= 4 is 60.9 Å². The summed E-state index contributed by atoms with van der Waals surface area (Å²) in [5.74, 6) is 0. The van der Waals surface area contributed by atoms with Crippen molar-refractivity contribution in [3.63, 3.8) is 0 Å². The zero-order valence-corrected chi connectivity index (χ0v) is 23.8. The molecular weight excluding hydrogens is 550 g/mol. The summed E-state index contributed by atoms with van der Waals surface area (Å²) in [5.41, 5.74) is 5.92. The van der Waals surface area contributed by atoms with Crippen molar-refractivity contribution in [3.8, 4) is 22.3 Å². The Morgan fingerprint density at radius 2 is 1.16 bits per heavy atom. The van der Waals surface area contributed by atoms with Crippen LogP contribution < -0.4 is 4.90 Å². The van der Waals surface area contributed by atoms with Gasteiger partial charge in [0, 0.05) is 32.9 Å². The van der Waals surface area contributed by atoms with Gasteiger partial charge in [0.2, 0.25) is 0 Å². The first-order valence-electron chi connectivity index (χ1n) is 18.1. The molecule has 0 unspecified atom stereocenters. The fraction of sp³-hybridized carbons (Fsp3) is 0. The molecule has 2 aromatic heterocycles. The van der Waals surface area contributed by atoms with Crippen molar-refractivity contribution in [1.82, 2.24) is 0 Å². The fourth-order valence-corrected chi connectivity index (χ4v) is 6.08. The minimum Gasteiger partial charge on any atom is -0.456 e. The van der Waals surface area contributed by atoms with Gasteiger partial charge in [-0.2, -0.15) is 0 Å². The van der Waals surface area contributed by atoms with Crippen molar-refractivity contribution < 1.29 is 18.4 Å². The molecule has 0 saturated heterocycles. The molecule has 0 fully saturated rings. The van der Waals surface area contributed by atoms with Crippen LogP contribution in [-0.4, -0.2) is 0 Å². The van der Waals surface area contributed by atoms with Crippen LogP contribution in [0, 0.1) is 0 Å². The largest absolute Gasteiger partial charge is 0.456 e. The highest BCUT2D eigenvalue weighted by molar-refractivity contribution is 6.17. The normalized spacial score (nSPS) is 13.7. The summed E-state index contributed by atoms with van der Waals surface area (Å²) in [6.07, 6.45) is 0. The fourth-order valence-electron chi connectivity index (χ4n) is 6.08. The molecule has 0 radical (unpaired) electrons. The third-order valence-electron chi connectivity index (χ3n) is 8.16. The Morgan fingerprint density at radius 3 is 1.98 bits per heavy atom. The van der Waals surface area contributed by atoms with E-state index < -0.39 is 18.1 Å². The molecule has 0 aliphatic rings. The number of rotatable bonds is 5. The molecule has 7 aromatic carbocycles. The van der Waals surface area contributed by atoms with E-state index in [0.717, 1.165) is 33.0 Å². The van der Waals surface area contributed by atoms with Gasteiger partial charge < -0.3 is 13.7 Å². The predicted molar refractivity (Wildman–Crippen MR) is 187 cm³/mol. The van der Waals surface area contributed by atoms with E-state index in [1.54, 1.807) is 4.90 Å². The number of furan rings is 2. The predicted octanol–water partition coefficient (Wildman–Crippen LogP) is 12.3. The summed E-state index contributed by atoms with van der Waals surface area (Å²) in [6.45, 7) is 0. The number of benzene rings is 7. The van der Waals surface area contributed by atoms with Crippen LogP contribution in [0.1, 0.15) is 9.60 Å². The average Bonchev–Trinajstić information content (AvgIpc) is 3.78. The third kappa shape index (κ3) is 4.21. The van der Waals surface area contributed by atoms with E-state index >= 15 is 0 Å². The van der Waals surface area contributed by atoms with Crippen molar-refractivity contribution in [2.45, 2.75) is 0 Å². The molecule has 0 N–H and O–H groups in total. The van der Waals surface area contributed by atoms with Crippen molar-refractivity contribution in [2.75, 3.05) is 4.90 Å². The Balaban J connectivity index is 1.39. The number of para-hydroxylation sites is 2. The van der Waals surface area contributed by atoms with Crippen molar-refractivity contribution in [2.24, 2.45) is 0 Å². The van der Waals surface area contributed by atoms with E-state index in [9.17, 15) is 2.74 Å². The Bertz CT molecular complexity index is 2870. The van der Waals surface area contributed by atoms with Crippen LogP contribution in [0.5, 0.6) is 0 Å². The molecule has 0 atom stereocenters. The molecule has 3 nitrogen and oxygen atoms in total. The zero-order chi connectivity index (χ0) is 35.8. The highest BCUT2D eigenvalue weighted by Gasteiger charge is 2.23. The molecule has 3 heteroatoms. The molecule has 0 aliphatic heterocycles. The Morgan fingerprint density at radius 1 is 0.467 bits per heavy atom. The number of hydrogen-bond donors (Lipinski definition) is 0. The summed E-state index contributed by atoms with van der Waals surface area (Å²) in [7, 11) is 0. The molecule has 0 spiro atoms. The molecule has 45 heavy (non-hydrogen) atoms. The second-order valence-corrected chi connectivity index (χ2v) is 10.8. The van der Waals surface area contributed by atoms with E-state index in [2.05, 4.69) is 0 Å². The van der Waals surface area contributed by atoms with Crippen molar-refractivity contribution in [3.05, 3.63) is 164 Å². The van der Waals surface area contributed by atoms with E-state index in [-0.39, 0.29) is 51.8 Å². The zero-order valence-electron chi connectivity index (χ0n) is 30.8. The standard InChI is InChI=1S/C42H27NO2/c1-3-11-28(12-4-1)29-19-21-31(22-20-29)43(32-23-26-40-36(27-32)34-15-7-9-17-38(34)44-40)37-25-24-33(30-13-5-2-6-14-30)41-35-16-8-10-18-39(35)45-42(37)41/h1-27H/i7D,9D,15D,17D,23D,26D,27D. The van der Waals surface area contributed by atoms with E-state index in [0.29, 0.717) is 22.5 Å². The molecule has 212 valence electrons. The summed E-state index contributed by atoms with van der Waals surface area (Å²) in [5, 5.41) is 1.76. The molecular formula is C42H27NO2. The second kappa shape index (κ2) is 10.3. The number of hydrogen-bond acceptors (Lipinski definition) is 3. The second-order valence-electron chi connectivity index (χ2n) is 10.8. The number of anilines is 3. The molecule has 0 aliphatic carbocycles. The van der Waals surface area contributed by atoms with Crippen molar-refractivity contribution in [1.29, 1.82) is 0 Å². The lowest BCUT2D eigenvalue weighted by atomic mass is 9.98. The van der Waals surface area contributed by atoms with Gasteiger partial charge in [0.25, 0.3) is 0 Å². The lowest BCUT2D eigenvalue weighted by Crippen LogP contribution is -2.10. The maximum Gasteiger partial charge on any atom is 0.160 e. The Hall–Kier alpha value is -6.06. The van der Waals surface area contributed by atoms with Crippen LogP contribution in [0.2, 0.25) is 0 Å². The first-order chi connectivity index (χ1) is 25.2. The van der Waals surface area contributed by atoms with Crippen LogP contribution in [-0.2, 0) is 0 Å². The molecule has 2 heterocycles. The van der Waals surface area contributed by atoms with E-state index in [4.69, 9.17) is 15.7 Å². The van der Waals surface area contributed by atoms with Gasteiger partial charge in [0.15, 0.2) is 5.58 Å². The van der Waals surface area contributed by atoms with Gasteiger partial charge in [0.05, 0.1) is 15.3 Å². The molecule has 9 aromatic rings. The average molecular weight is 585 g/mol. The quantitative estimate of drug-likeness (QED) is 0.201. The number of nitrogens with zero attached hydrogens (tertiary/aromatic N) is 1. The molecule has 9 rings (SSSR count). The SMILES string of the molecule is [2H]c1c([2H])c([2H])c2c(oc3c([2H])c([2H])c(N(c4ccc(-c5ccccc5)cc4)c4ccc(-c5ccccc5)c5c4oc4ccccc45)c([2H])c32)c1[2H]. The molecule has 0 amide bonds. The lowest BCUT2D eigenvalue weighted by Gasteiger charge is -2.26. The minimum atomic E-state index is -0.480. The highest BCUT2D eigenvalue weighted by atomic mass is 16.3. The minimum absolute atomic E-state index is 0.00608. The maximum atomic E-state index is 9.68. The molecule has 0 saturated carbocycles. The summed E-state index contributed by atoms with van der Waals surface area (Å²) >= 11 is 0. The third-order valence-corrected chi connectivity index (χ3v) is 8.16. The van der Waals surface area contributed by atoms with Gasteiger partial charge in [-0.15, -0.1) is 0 Å². The van der Waals surface area contributed by atoms with Crippen LogP contribution in [0.4, 0.5) is 17.1 Å². The van der Waals surface area contributed by atoms with Crippen LogP contribution in [0.15, 0.2) is 172 Å². The summed E-state index contributed by atoms with van der Waals surface area (Å²) in [6, 6.07) is 36.7. The molecule has 0 bridgehead atoms. The van der Waals surface area contributed by atoms with E-state index in [1.165, 1.54) is 0 Å². The van der Waals surface area contributed by atoms with Gasteiger partial charge in [-0.25, -0.2) is 0 Å². The number of fused-ring (bicyclic) bond motifs is 6. The Labute approximate surface area is 270 Å². The summed E-state index contributed by atoms with van der Waals surface area (Å²) < 4.78 is 74.6.